The Labute approximate surface area is 154 Å². The first-order chi connectivity index (χ1) is 12.4. The Bertz CT molecular complexity index is 802. The first-order valence-corrected chi connectivity index (χ1v) is 9.33. The normalized spacial score (nSPS) is 31.6. The zero-order valence-corrected chi connectivity index (χ0v) is 15.9. The molecular formula is C21H26N2O3. The molecule has 2 bridgehead atoms. The molecule has 5 nitrogen and oxygen atoms in total. The van der Waals surface area contributed by atoms with E-state index in [4.69, 9.17) is 4.74 Å². The summed E-state index contributed by atoms with van der Waals surface area (Å²) < 4.78 is 6.17. The molecule has 0 radical (unpaired) electrons. The van der Waals surface area contributed by atoms with Crippen molar-refractivity contribution in [2.75, 3.05) is 20.1 Å². The van der Waals surface area contributed by atoms with Crippen molar-refractivity contribution in [1.29, 1.82) is 0 Å². The summed E-state index contributed by atoms with van der Waals surface area (Å²) in [5, 5.41) is 0. The largest absolute Gasteiger partial charge is 0.360 e. The van der Waals surface area contributed by atoms with Gasteiger partial charge in [-0.15, -0.1) is 0 Å². The lowest BCUT2D eigenvalue weighted by Crippen LogP contribution is -2.44. The molecule has 0 aromatic heterocycles. The number of carbonyl (C=O) groups excluding carboxylic acids is 2. The van der Waals surface area contributed by atoms with Gasteiger partial charge in [-0.3, -0.25) is 9.59 Å². The van der Waals surface area contributed by atoms with Gasteiger partial charge in [0.25, 0.3) is 0 Å². The minimum Gasteiger partial charge on any atom is -0.360 e. The van der Waals surface area contributed by atoms with Crippen molar-refractivity contribution in [2.24, 2.45) is 11.8 Å². The fourth-order valence-electron chi connectivity index (χ4n) is 4.53. The second kappa shape index (κ2) is 5.95. The first-order valence-electron chi connectivity index (χ1n) is 9.33. The number of aryl methyl sites for hydroxylation is 2. The summed E-state index contributed by atoms with van der Waals surface area (Å²) in [4.78, 5) is 29.6. The molecule has 138 valence electrons. The highest BCUT2D eigenvalue weighted by atomic mass is 16.5. The Morgan fingerprint density at radius 2 is 2.12 bits per heavy atom. The van der Waals surface area contributed by atoms with E-state index in [0.717, 1.165) is 5.56 Å². The summed E-state index contributed by atoms with van der Waals surface area (Å²) in [6.07, 6.45) is 3.71. The third kappa shape index (κ3) is 2.41. The van der Waals surface area contributed by atoms with Crippen molar-refractivity contribution in [3.05, 3.63) is 47.0 Å². The van der Waals surface area contributed by atoms with E-state index in [0.29, 0.717) is 19.6 Å². The summed E-state index contributed by atoms with van der Waals surface area (Å²) >= 11 is 0. The molecule has 4 atom stereocenters. The predicted octanol–water partition coefficient (Wildman–Crippen LogP) is 2.06. The summed E-state index contributed by atoms with van der Waals surface area (Å²) in [5.41, 5.74) is 2.96. The van der Waals surface area contributed by atoms with Crippen LogP contribution in [0.3, 0.4) is 0 Å². The molecule has 1 aromatic carbocycles. The molecule has 1 spiro atoms. The minimum atomic E-state index is -0.629. The van der Waals surface area contributed by atoms with Crippen LogP contribution in [0.5, 0.6) is 0 Å². The van der Waals surface area contributed by atoms with E-state index in [-0.39, 0.29) is 17.9 Å². The summed E-state index contributed by atoms with van der Waals surface area (Å²) in [5.74, 6) is -0.749. The highest BCUT2D eigenvalue weighted by Crippen LogP contribution is 2.52. The van der Waals surface area contributed by atoms with Crippen LogP contribution >= 0.6 is 0 Å². The van der Waals surface area contributed by atoms with Crippen LogP contribution in [0.4, 0.5) is 0 Å². The van der Waals surface area contributed by atoms with E-state index < -0.39 is 17.4 Å². The molecule has 0 N–H and O–H groups in total. The molecule has 0 aliphatic carbocycles. The average Bonchev–Trinajstić information content (AvgIpc) is 3.25. The molecule has 2 saturated heterocycles. The van der Waals surface area contributed by atoms with Crippen molar-refractivity contribution in [2.45, 2.75) is 39.0 Å². The molecule has 0 saturated carbocycles. The molecule has 3 aliphatic heterocycles. The van der Waals surface area contributed by atoms with Gasteiger partial charge in [0, 0.05) is 20.1 Å². The van der Waals surface area contributed by atoms with Crippen LogP contribution in [-0.2, 0) is 20.9 Å². The zero-order valence-electron chi connectivity index (χ0n) is 15.9. The maximum Gasteiger partial charge on any atom is 0.230 e. The smallest absolute Gasteiger partial charge is 0.230 e. The van der Waals surface area contributed by atoms with Gasteiger partial charge in [0.1, 0.15) is 5.60 Å². The standard InChI is InChI=1S/C21H26N2O3/c1-5-22(4)19(24)17-16-8-9-21(26-16)12-23(20(25)18(17)21)11-15-7-6-13(2)14(3)10-15/h6-10,16-18H,5,11-12H2,1-4H3/t16-,17-,18-,21-/m0/s1. The zero-order chi connectivity index (χ0) is 18.6. The van der Waals surface area contributed by atoms with Crippen LogP contribution in [-0.4, -0.2) is 53.5 Å². The molecule has 4 rings (SSSR count). The fraction of sp³-hybridized carbons (Fsp3) is 0.524. The fourth-order valence-corrected chi connectivity index (χ4v) is 4.53. The lowest BCUT2D eigenvalue weighted by Gasteiger charge is -2.27. The van der Waals surface area contributed by atoms with Crippen LogP contribution in [0.25, 0.3) is 0 Å². The molecule has 3 heterocycles. The van der Waals surface area contributed by atoms with Gasteiger partial charge in [-0.25, -0.2) is 0 Å². The maximum atomic E-state index is 13.2. The first kappa shape index (κ1) is 17.3. The maximum absolute atomic E-state index is 13.2. The highest BCUT2D eigenvalue weighted by Gasteiger charge is 2.66. The number of nitrogens with zero attached hydrogens (tertiary/aromatic N) is 2. The number of likely N-dealkylation sites (tertiary alicyclic amines) is 1. The number of hydrogen-bond donors (Lipinski definition) is 0. The number of rotatable bonds is 4. The van der Waals surface area contributed by atoms with Crippen LogP contribution in [0.1, 0.15) is 23.6 Å². The Morgan fingerprint density at radius 3 is 2.81 bits per heavy atom. The number of ether oxygens (including phenoxy) is 1. The van der Waals surface area contributed by atoms with Crippen molar-refractivity contribution in [1.82, 2.24) is 9.80 Å². The highest BCUT2D eigenvalue weighted by molar-refractivity contribution is 5.93. The number of benzene rings is 1. The Kier molecular flexibility index (Phi) is 3.95. The van der Waals surface area contributed by atoms with Gasteiger partial charge in [0.15, 0.2) is 0 Å². The van der Waals surface area contributed by atoms with Crippen LogP contribution in [0.15, 0.2) is 30.4 Å². The predicted molar refractivity (Wildman–Crippen MR) is 98.4 cm³/mol. The van der Waals surface area contributed by atoms with E-state index >= 15 is 0 Å². The molecule has 2 fully saturated rings. The van der Waals surface area contributed by atoms with Crippen molar-refractivity contribution in [3.8, 4) is 0 Å². The molecule has 2 amide bonds. The van der Waals surface area contributed by atoms with Crippen LogP contribution in [0.2, 0.25) is 0 Å². The molecule has 0 unspecified atom stereocenters. The summed E-state index contributed by atoms with van der Waals surface area (Å²) in [6, 6.07) is 6.30. The Morgan fingerprint density at radius 1 is 1.35 bits per heavy atom. The second-order valence-corrected chi connectivity index (χ2v) is 7.87. The summed E-state index contributed by atoms with van der Waals surface area (Å²) in [6.45, 7) is 7.83. The number of amides is 2. The van der Waals surface area contributed by atoms with Crippen molar-refractivity contribution in [3.63, 3.8) is 0 Å². The second-order valence-electron chi connectivity index (χ2n) is 7.87. The SMILES string of the molecule is CCN(C)C(=O)[C@H]1[C@@H]2C=C[C@@]3(CN(Cc4ccc(C)c(C)c4)C(=O)[C@H]13)O2. The van der Waals surface area contributed by atoms with Gasteiger partial charge < -0.3 is 14.5 Å². The molecule has 3 aliphatic rings. The van der Waals surface area contributed by atoms with E-state index in [1.54, 1.807) is 11.9 Å². The van der Waals surface area contributed by atoms with Gasteiger partial charge in [-0.2, -0.15) is 0 Å². The molecule has 5 heteroatoms. The number of fused-ring (bicyclic) bond motifs is 1. The van der Waals surface area contributed by atoms with Gasteiger partial charge in [-0.1, -0.05) is 30.4 Å². The monoisotopic (exact) mass is 354 g/mol. The van der Waals surface area contributed by atoms with E-state index in [9.17, 15) is 9.59 Å². The van der Waals surface area contributed by atoms with E-state index in [2.05, 4.69) is 32.0 Å². The third-order valence-electron chi connectivity index (χ3n) is 6.26. The average molecular weight is 354 g/mol. The number of hydrogen-bond acceptors (Lipinski definition) is 3. The summed E-state index contributed by atoms with van der Waals surface area (Å²) in [7, 11) is 1.79. The number of carbonyl (C=O) groups is 2. The van der Waals surface area contributed by atoms with Crippen LogP contribution in [0, 0.1) is 25.7 Å². The lowest BCUT2D eigenvalue weighted by atomic mass is 9.76. The Balaban J connectivity index is 1.59. The van der Waals surface area contributed by atoms with Gasteiger partial charge in [0.2, 0.25) is 11.8 Å². The van der Waals surface area contributed by atoms with Gasteiger partial charge in [0.05, 0.1) is 24.5 Å². The lowest BCUT2D eigenvalue weighted by molar-refractivity contribution is -0.142. The van der Waals surface area contributed by atoms with Gasteiger partial charge >= 0.3 is 0 Å². The minimum absolute atomic E-state index is 0.00936. The molecule has 1 aromatic rings. The van der Waals surface area contributed by atoms with Crippen molar-refractivity contribution < 1.29 is 14.3 Å². The van der Waals surface area contributed by atoms with E-state index in [1.165, 1.54) is 11.1 Å². The topological polar surface area (TPSA) is 49.9 Å². The van der Waals surface area contributed by atoms with Crippen molar-refractivity contribution >= 4 is 11.8 Å². The molecular weight excluding hydrogens is 328 g/mol. The van der Waals surface area contributed by atoms with Gasteiger partial charge in [-0.05, 0) is 37.5 Å². The molecule has 26 heavy (non-hydrogen) atoms. The van der Waals surface area contributed by atoms with Crippen LogP contribution < -0.4 is 0 Å². The quantitative estimate of drug-likeness (QED) is 0.778. The Hall–Kier alpha value is -2.14. The third-order valence-corrected chi connectivity index (χ3v) is 6.26. The van der Waals surface area contributed by atoms with E-state index in [1.807, 2.05) is 24.0 Å².